The van der Waals surface area contributed by atoms with Crippen LogP contribution in [0.5, 0.6) is 5.75 Å². The maximum absolute atomic E-state index is 13.1. The van der Waals surface area contributed by atoms with Gasteiger partial charge in [0.25, 0.3) is 0 Å². The summed E-state index contributed by atoms with van der Waals surface area (Å²) < 4.78 is 36.7. The highest BCUT2D eigenvalue weighted by Crippen LogP contribution is 2.15. The van der Waals surface area contributed by atoms with Gasteiger partial charge in [0, 0.05) is 38.3 Å². The molecule has 0 amide bonds. The number of halogens is 2. The fraction of sp³-hybridized carbons (Fsp3) is 0.647. The van der Waals surface area contributed by atoms with Gasteiger partial charge in [-0.15, -0.1) is 0 Å². The van der Waals surface area contributed by atoms with Crippen LogP contribution >= 0.6 is 0 Å². The molecule has 7 heteroatoms. The molecule has 0 aromatic heterocycles. The van der Waals surface area contributed by atoms with Crippen LogP contribution in [-0.2, 0) is 4.74 Å². The highest BCUT2D eigenvalue weighted by molar-refractivity contribution is 5.23. The molecule has 0 radical (unpaired) electrons. The van der Waals surface area contributed by atoms with E-state index in [2.05, 4.69) is 10.2 Å². The Kier molecular flexibility index (Phi) is 6.91. The van der Waals surface area contributed by atoms with Crippen molar-refractivity contribution in [2.75, 3.05) is 46.0 Å². The van der Waals surface area contributed by atoms with Crippen LogP contribution in [0.15, 0.2) is 18.2 Å². The lowest BCUT2D eigenvalue weighted by molar-refractivity contribution is -0.0231. The van der Waals surface area contributed by atoms with Crippen molar-refractivity contribution in [3.63, 3.8) is 0 Å². The zero-order valence-electron chi connectivity index (χ0n) is 14.2. The third-order valence-corrected chi connectivity index (χ3v) is 3.89. The Labute approximate surface area is 141 Å². The molecular weight excluding hydrogens is 318 g/mol. The van der Waals surface area contributed by atoms with E-state index < -0.39 is 17.2 Å². The van der Waals surface area contributed by atoms with Crippen LogP contribution in [0.1, 0.15) is 13.8 Å². The van der Waals surface area contributed by atoms with Gasteiger partial charge in [-0.3, -0.25) is 4.90 Å². The van der Waals surface area contributed by atoms with Crippen molar-refractivity contribution in [3.05, 3.63) is 29.8 Å². The molecular formula is C17H26F2N2O3. The van der Waals surface area contributed by atoms with Crippen LogP contribution < -0.4 is 10.1 Å². The van der Waals surface area contributed by atoms with Crippen molar-refractivity contribution in [3.8, 4) is 5.75 Å². The van der Waals surface area contributed by atoms with Crippen molar-refractivity contribution in [1.29, 1.82) is 0 Å². The molecule has 2 N–H and O–H groups in total. The fourth-order valence-electron chi connectivity index (χ4n) is 2.54. The summed E-state index contributed by atoms with van der Waals surface area (Å²) in [4.78, 5) is 2.17. The number of ether oxygens (including phenoxy) is 2. The molecule has 24 heavy (non-hydrogen) atoms. The minimum atomic E-state index is -0.929. The normalized spacial score (nSPS) is 19.7. The van der Waals surface area contributed by atoms with Crippen LogP contribution in [0.4, 0.5) is 8.78 Å². The van der Waals surface area contributed by atoms with Crippen molar-refractivity contribution in [2.45, 2.75) is 25.5 Å². The Morgan fingerprint density at radius 3 is 2.71 bits per heavy atom. The van der Waals surface area contributed by atoms with E-state index in [4.69, 9.17) is 9.47 Å². The van der Waals surface area contributed by atoms with Crippen LogP contribution in [0, 0.1) is 11.6 Å². The summed E-state index contributed by atoms with van der Waals surface area (Å²) >= 11 is 0. The van der Waals surface area contributed by atoms with Crippen molar-refractivity contribution < 1.29 is 23.4 Å². The minimum absolute atomic E-state index is 0.0470. The first-order valence-electron chi connectivity index (χ1n) is 8.19. The molecule has 1 fully saturated rings. The third-order valence-electron chi connectivity index (χ3n) is 3.89. The Hall–Kier alpha value is -1.28. The highest BCUT2D eigenvalue weighted by Gasteiger charge is 2.25. The molecule has 1 aromatic rings. The van der Waals surface area contributed by atoms with E-state index >= 15 is 0 Å². The summed E-state index contributed by atoms with van der Waals surface area (Å²) in [5.74, 6) is -1.54. The average molecular weight is 344 g/mol. The number of benzene rings is 1. The van der Waals surface area contributed by atoms with E-state index in [1.54, 1.807) is 6.92 Å². The Balaban J connectivity index is 1.71. The zero-order valence-corrected chi connectivity index (χ0v) is 14.2. The summed E-state index contributed by atoms with van der Waals surface area (Å²) in [6.07, 6.45) is 0. The summed E-state index contributed by atoms with van der Waals surface area (Å²) in [7, 11) is 0. The molecule has 1 aliphatic rings. The molecule has 1 saturated heterocycles. The quantitative estimate of drug-likeness (QED) is 0.747. The molecule has 2 atom stereocenters. The zero-order chi connectivity index (χ0) is 17.6. The van der Waals surface area contributed by atoms with Gasteiger partial charge in [0.1, 0.15) is 12.4 Å². The first-order chi connectivity index (χ1) is 11.4. The fourth-order valence-corrected chi connectivity index (χ4v) is 2.54. The summed E-state index contributed by atoms with van der Waals surface area (Å²) in [5, 5.41) is 13.7. The van der Waals surface area contributed by atoms with Crippen molar-refractivity contribution in [2.24, 2.45) is 0 Å². The van der Waals surface area contributed by atoms with Gasteiger partial charge < -0.3 is 19.9 Å². The number of nitrogens with zero attached hydrogens (tertiary/aromatic N) is 1. The molecule has 1 heterocycles. The first kappa shape index (κ1) is 19.1. The van der Waals surface area contributed by atoms with Crippen LogP contribution in [-0.4, -0.2) is 67.6 Å². The van der Waals surface area contributed by atoms with E-state index in [0.717, 1.165) is 25.2 Å². The SMILES string of the molecule is CC(COc1ccc(F)c(F)c1)NCC(C)(O)CN1CCOCC1. The van der Waals surface area contributed by atoms with E-state index in [-0.39, 0.29) is 11.8 Å². The van der Waals surface area contributed by atoms with Crippen LogP contribution in [0.2, 0.25) is 0 Å². The molecule has 0 saturated carbocycles. The Morgan fingerprint density at radius 1 is 1.33 bits per heavy atom. The second kappa shape index (κ2) is 8.71. The molecule has 0 aliphatic carbocycles. The molecule has 2 unspecified atom stereocenters. The summed E-state index contributed by atoms with van der Waals surface area (Å²) in [6, 6.07) is 3.40. The number of aliphatic hydroxyl groups is 1. The summed E-state index contributed by atoms with van der Waals surface area (Å²) in [6.45, 7) is 8.01. The van der Waals surface area contributed by atoms with Gasteiger partial charge in [0.15, 0.2) is 11.6 Å². The van der Waals surface area contributed by atoms with Crippen LogP contribution in [0.3, 0.4) is 0 Å². The molecule has 2 rings (SSSR count). The minimum Gasteiger partial charge on any atom is -0.492 e. The number of hydrogen-bond donors (Lipinski definition) is 2. The molecule has 136 valence electrons. The van der Waals surface area contributed by atoms with Gasteiger partial charge in [-0.2, -0.15) is 0 Å². The molecule has 0 spiro atoms. The van der Waals surface area contributed by atoms with Gasteiger partial charge in [-0.1, -0.05) is 0 Å². The molecule has 0 bridgehead atoms. The number of rotatable bonds is 8. The van der Waals surface area contributed by atoms with E-state index in [9.17, 15) is 13.9 Å². The Morgan fingerprint density at radius 2 is 2.04 bits per heavy atom. The van der Waals surface area contributed by atoms with Gasteiger partial charge in [0.2, 0.25) is 0 Å². The van der Waals surface area contributed by atoms with Crippen molar-refractivity contribution >= 4 is 0 Å². The smallest absolute Gasteiger partial charge is 0.162 e. The van der Waals surface area contributed by atoms with Crippen molar-refractivity contribution in [1.82, 2.24) is 10.2 Å². The average Bonchev–Trinajstić information content (AvgIpc) is 2.55. The lowest BCUT2D eigenvalue weighted by Crippen LogP contribution is -2.52. The molecule has 5 nitrogen and oxygen atoms in total. The number of morpholine rings is 1. The van der Waals surface area contributed by atoms with E-state index in [1.165, 1.54) is 6.07 Å². The van der Waals surface area contributed by atoms with E-state index in [1.807, 2.05) is 6.92 Å². The predicted molar refractivity (Wildman–Crippen MR) is 87.2 cm³/mol. The van der Waals surface area contributed by atoms with Crippen LogP contribution in [0.25, 0.3) is 0 Å². The molecule has 1 aliphatic heterocycles. The van der Waals surface area contributed by atoms with Gasteiger partial charge in [-0.25, -0.2) is 8.78 Å². The lowest BCUT2D eigenvalue weighted by atomic mass is 10.1. The van der Waals surface area contributed by atoms with Gasteiger partial charge in [0.05, 0.1) is 18.8 Å². The second-order valence-electron chi connectivity index (χ2n) is 6.55. The largest absolute Gasteiger partial charge is 0.492 e. The lowest BCUT2D eigenvalue weighted by Gasteiger charge is -2.34. The topological polar surface area (TPSA) is 54.0 Å². The third kappa shape index (κ3) is 6.32. The van der Waals surface area contributed by atoms with E-state index in [0.29, 0.717) is 32.9 Å². The first-order valence-corrected chi connectivity index (χ1v) is 8.19. The second-order valence-corrected chi connectivity index (χ2v) is 6.55. The number of hydrogen-bond acceptors (Lipinski definition) is 5. The summed E-state index contributed by atoms with van der Waals surface area (Å²) in [5.41, 5.74) is -0.867. The highest BCUT2D eigenvalue weighted by atomic mass is 19.2. The standard InChI is InChI=1S/C17H26F2N2O3/c1-13(10-24-14-3-4-15(18)16(19)9-14)20-11-17(2,22)12-21-5-7-23-8-6-21/h3-4,9,13,20,22H,5-8,10-12H2,1-2H3. The monoisotopic (exact) mass is 344 g/mol. The maximum atomic E-state index is 13.1. The predicted octanol–water partition coefficient (Wildman–Crippen LogP) is 1.40. The Bertz CT molecular complexity index is 523. The van der Waals surface area contributed by atoms with Gasteiger partial charge in [-0.05, 0) is 26.0 Å². The number of β-amino-alcohol motifs (C(OH)–C–C–N with tert-alkyl or cyclic N) is 1. The van der Waals surface area contributed by atoms with Gasteiger partial charge >= 0.3 is 0 Å². The number of nitrogens with one attached hydrogen (secondary N) is 1. The maximum Gasteiger partial charge on any atom is 0.162 e. The molecule has 1 aromatic carbocycles.